The van der Waals surface area contributed by atoms with E-state index in [0.717, 1.165) is 18.6 Å². The quantitative estimate of drug-likeness (QED) is 0.676. The van der Waals surface area contributed by atoms with E-state index < -0.39 is 5.97 Å². The normalized spacial score (nSPS) is 13.4. The highest BCUT2D eigenvalue weighted by Gasteiger charge is 2.22. The number of thiophene rings is 1. The Morgan fingerprint density at radius 2 is 1.96 bits per heavy atom. The van der Waals surface area contributed by atoms with Crippen LogP contribution in [-0.2, 0) is 22.5 Å². The molecule has 0 fully saturated rings. The molecule has 0 aliphatic carbocycles. The number of ether oxygens (including phenoxy) is 2. The first-order valence-corrected chi connectivity index (χ1v) is 10.1. The predicted molar refractivity (Wildman–Crippen MR) is 105 cm³/mol. The minimum atomic E-state index is -0.495. The van der Waals surface area contributed by atoms with Gasteiger partial charge in [0, 0.05) is 18.0 Å². The Balaban J connectivity index is 1.45. The van der Waals surface area contributed by atoms with Crippen LogP contribution in [0.4, 0.5) is 0 Å². The molecule has 3 rings (SSSR count). The molecule has 5 nitrogen and oxygen atoms in total. The Bertz CT molecular complexity index is 782. The number of carbonyl (C=O) groups excluding carboxylic acids is 2. The van der Waals surface area contributed by atoms with Crippen LogP contribution in [0.3, 0.4) is 0 Å². The number of nitrogens with zero attached hydrogens (tertiary/aromatic N) is 1. The molecule has 1 aromatic carbocycles. The highest BCUT2D eigenvalue weighted by Crippen LogP contribution is 2.24. The third-order valence-corrected chi connectivity index (χ3v) is 5.56. The lowest BCUT2D eigenvalue weighted by Gasteiger charge is -2.26. The SMILES string of the molecule is CC(C)CCOc1ccc(C(=O)OCC(=O)N2CCc3sccc3C2)cc1. The molecule has 2 heterocycles. The smallest absolute Gasteiger partial charge is 0.338 e. The molecule has 0 radical (unpaired) electrons. The van der Waals surface area contributed by atoms with E-state index >= 15 is 0 Å². The Morgan fingerprint density at radius 1 is 1.19 bits per heavy atom. The van der Waals surface area contributed by atoms with Crippen molar-refractivity contribution < 1.29 is 19.1 Å². The third kappa shape index (κ3) is 5.32. The van der Waals surface area contributed by atoms with Crippen molar-refractivity contribution in [1.29, 1.82) is 0 Å². The van der Waals surface area contributed by atoms with Crippen molar-refractivity contribution in [3.8, 4) is 5.75 Å². The summed E-state index contributed by atoms with van der Waals surface area (Å²) in [6.45, 7) is 5.98. The number of amides is 1. The second-order valence-electron chi connectivity index (χ2n) is 7.07. The predicted octanol–water partition coefficient (Wildman–Crippen LogP) is 3.91. The molecule has 6 heteroatoms. The van der Waals surface area contributed by atoms with Crippen molar-refractivity contribution in [1.82, 2.24) is 4.90 Å². The van der Waals surface area contributed by atoms with E-state index in [9.17, 15) is 9.59 Å². The van der Waals surface area contributed by atoms with Crippen LogP contribution in [0, 0.1) is 5.92 Å². The summed E-state index contributed by atoms with van der Waals surface area (Å²) in [6, 6.07) is 8.88. The summed E-state index contributed by atoms with van der Waals surface area (Å²) in [5.74, 6) is 0.658. The van der Waals surface area contributed by atoms with E-state index in [4.69, 9.17) is 9.47 Å². The first kappa shape index (κ1) is 19.4. The maximum Gasteiger partial charge on any atom is 0.338 e. The zero-order valence-electron chi connectivity index (χ0n) is 15.8. The van der Waals surface area contributed by atoms with Gasteiger partial charge in [-0.1, -0.05) is 13.8 Å². The lowest BCUT2D eigenvalue weighted by molar-refractivity contribution is -0.135. The maximum absolute atomic E-state index is 12.3. The molecule has 1 aliphatic rings. The molecular formula is C21H25NO4S. The van der Waals surface area contributed by atoms with Crippen LogP contribution in [0.15, 0.2) is 35.7 Å². The van der Waals surface area contributed by atoms with Crippen molar-refractivity contribution >= 4 is 23.2 Å². The molecule has 2 aromatic rings. The lowest BCUT2D eigenvalue weighted by Crippen LogP contribution is -2.38. The molecule has 144 valence electrons. The monoisotopic (exact) mass is 387 g/mol. The van der Waals surface area contributed by atoms with Crippen molar-refractivity contribution in [2.24, 2.45) is 5.92 Å². The van der Waals surface area contributed by atoms with Crippen molar-refractivity contribution in [3.63, 3.8) is 0 Å². The number of fused-ring (bicyclic) bond motifs is 1. The Hall–Kier alpha value is -2.34. The van der Waals surface area contributed by atoms with Gasteiger partial charge < -0.3 is 14.4 Å². The molecule has 0 N–H and O–H groups in total. The highest BCUT2D eigenvalue weighted by molar-refractivity contribution is 7.10. The van der Waals surface area contributed by atoms with Crippen molar-refractivity contribution in [3.05, 3.63) is 51.7 Å². The summed E-state index contributed by atoms with van der Waals surface area (Å²) >= 11 is 1.73. The van der Waals surface area contributed by atoms with Gasteiger partial charge in [-0.15, -0.1) is 11.3 Å². The minimum absolute atomic E-state index is 0.158. The molecular weight excluding hydrogens is 362 g/mol. The zero-order valence-corrected chi connectivity index (χ0v) is 16.6. The van der Waals surface area contributed by atoms with Crippen LogP contribution in [0.2, 0.25) is 0 Å². The van der Waals surface area contributed by atoms with Gasteiger partial charge in [-0.25, -0.2) is 4.79 Å². The van der Waals surface area contributed by atoms with Crippen LogP contribution < -0.4 is 4.74 Å². The largest absolute Gasteiger partial charge is 0.494 e. The van der Waals surface area contributed by atoms with E-state index in [0.29, 0.717) is 31.2 Å². The molecule has 0 atom stereocenters. The van der Waals surface area contributed by atoms with Crippen molar-refractivity contribution in [2.75, 3.05) is 19.8 Å². The highest BCUT2D eigenvalue weighted by atomic mass is 32.1. The standard InChI is InChI=1S/C21H25NO4S/c1-15(2)8-11-25-18-5-3-16(4-6-18)21(24)26-14-20(23)22-10-7-19-17(13-22)9-12-27-19/h3-6,9,12,15H,7-8,10-11,13-14H2,1-2H3. The van der Waals surface area contributed by atoms with Gasteiger partial charge in [0.2, 0.25) is 0 Å². The van der Waals surface area contributed by atoms with Gasteiger partial charge in [0.05, 0.1) is 12.2 Å². The van der Waals surface area contributed by atoms with Crippen LogP contribution in [0.1, 0.15) is 41.1 Å². The van der Waals surface area contributed by atoms with E-state index in [2.05, 4.69) is 25.3 Å². The van der Waals surface area contributed by atoms with Crippen LogP contribution in [0.5, 0.6) is 5.75 Å². The maximum atomic E-state index is 12.3. The number of hydrogen-bond donors (Lipinski definition) is 0. The average Bonchev–Trinajstić information content (AvgIpc) is 3.14. The second kappa shape index (κ2) is 9.04. The van der Waals surface area contributed by atoms with Gasteiger partial charge in [-0.05, 0) is 60.0 Å². The fourth-order valence-electron chi connectivity index (χ4n) is 2.86. The fourth-order valence-corrected chi connectivity index (χ4v) is 3.75. The van der Waals surface area contributed by atoms with Crippen LogP contribution in [-0.4, -0.2) is 36.5 Å². The van der Waals surface area contributed by atoms with E-state index in [-0.39, 0.29) is 12.5 Å². The van der Waals surface area contributed by atoms with Gasteiger partial charge in [0.1, 0.15) is 5.75 Å². The number of esters is 1. The van der Waals surface area contributed by atoms with Gasteiger partial charge >= 0.3 is 5.97 Å². The van der Waals surface area contributed by atoms with Crippen molar-refractivity contribution in [2.45, 2.75) is 33.2 Å². The van der Waals surface area contributed by atoms with Gasteiger partial charge in [-0.2, -0.15) is 0 Å². The Kier molecular flexibility index (Phi) is 6.50. The number of hydrogen-bond acceptors (Lipinski definition) is 5. The number of carbonyl (C=O) groups is 2. The zero-order chi connectivity index (χ0) is 19.2. The summed E-state index contributed by atoms with van der Waals surface area (Å²) in [6.07, 6.45) is 1.85. The number of rotatable bonds is 7. The van der Waals surface area contributed by atoms with Gasteiger partial charge in [0.15, 0.2) is 6.61 Å². The van der Waals surface area contributed by atoms with E-state index in [1.165, 1.54) is 10.4 Å². The average molecular weight is 388 g/mol. The second-order valence-corrected chi connectivity index (χ2v) is 8.07. The molecule has 0 unspecified atom stereocenters. The molecule has 0 saturated heterocycles. The molecule has 1 aliphatic heterocycles. The summed E-state index contributed by atoms with van der Waals surface area (Å²) in [5, 5.41) is 2.05. The molecule has 0 saturated carbocycles. The van der Waals surface area contributed by atoms with Gasteiger partial charge in [0.25, 0.3) is 5.91 Å². The van der Waals surface area contributed by atoms with Gasteiger partial charge in [-0.3, -0.25) is 4.79 Å². The topological polar surface area (TPSA) is 55.8 Å². The summed E-state index contributed by atoms with van der Waals surface area (Å²) < 4.78 is 10.8. The summed E-state index contributed by atoms with van der Waals surface area (Å²) in [4.78, 5) is 27.6. The minimum Gasteiger partial charge on any atom is -0.494 e. The van der Waals surface area contributed by atoms with Crippen LogP contribution in [0.25, 0.3) is 0 Å². The number of benzene rings is 1. The molecule has 1 aromatic heterocycles. The van der Waals surface area contributed by atoms with E-state index in [1.807, 2.05) is 0 Å². The first-order chi connectivity index (χ1) is 13.0. The van der Waals surface area contributed by atoms with E-state index in [1.54, 1.807) is 40.5 Å². The first-order valence-electron chi connectivity index (χ1n) is 9.26. The summed E-state index contributed by atoms with van der Waals surface area (Å²) in [7, 11) is 0. The molecule has 1 amide bonds. The van der Waals surface area contributed by atoms with Crippen LogP contribution >= 0.6 is 11.3 Å². The summed E-state index contributed by atoms with van der Waals surface area (Å²) in [5.41, 5.74) is 1.61. The Labute approximate surface area is 163 Å². The fraction of sp³-hybridized carbons (Fsp3) is 0.429. The molecule has 0 spiro atoms. The molecule has 0 bridgehead atoms. The molecule has 27 heavy (non-hydrogen) atoms. The Morgan fingerprint density at radius 3 is 2.70 bits per heavy atom. The lowest BCUT2D eigenvalue weighted by atomic mass is 10.1. The third-order valence-electron chi connectivity index (χ3n) is 4.54.